The zero-order valence-corrected chi connectivity index (χ0v) is 38.3. The Labute approximate surface area is 410 Å². The molecule has 1 atom stereocenters. The summed E-state index contributed by atoms with van der Waals surface area (Å²) in [5, 5.41) is 2.33. The largest absolute Gasteiger partial charge is 0.457 e. The summed E-state index contributed by atoms with van der Waals surface area (Å²) in [4.78, 5) is 13.0. The van der Waals surface area contributed by atoms with E-state index in [1.54, 1.807) is 0 Å². The smallest absolute Gasteiger partial charge is 0.132 e. The first-order valence-electron chi connectivity index (χ1n) is 24.4. The molecule has 0 saturated heterocycles. The average Bonchev–Trinajstić information content (AvgIpc) is 4.12. The maximum absolute atomic E-state index is 7.26. The van der Waals surface area contributed by atoms with Gasteiger partial charge in [0.2, 0.25) is 0 Å². The molecule has 3 aliphatic carbocycles. The lowest BCUT2D eigenvalue weighted by Crippen LogP contribution is -2.33. The summed E-state index contributed by atoms with van der Waals surface area (Å²) in [7, 11) is 0. The monoisotopic (exact) mass is 904 g/mol. The molecule has 3 aromatic heterocycles. The molecule has 12 aromatic rings. The zero-order valence-electron chi connectivity index (χ0n) is 38.3. The van der Waals surface area contributed by atoms with Crippen molar-refractivity contribution < 1.29 is 4.74 Å². The van der Waals surface area contributed by atoms with E-state index in [1.165, 1.54) is 49.9 Å². The summed E-state index contributed by atoms with van der Waals surface area (Å²) in [5.41, 5.74) is 21.4. The fourth-order valence-corrected chi connectivity index (χ4v) is 13.3. The van der Waals surface area contributed by atoms with E-state index in [2.05, 4.69) is 240 Å². The Bertz CT molecular complexity index is 4150. The fourth-order valence-electron chi connectivity index (χ4n) is 13.3. The van der Waals surface area contributed by atoms with Crippen LogP contribution in [0.5, 0.6) is 11.5 Å². The molecule has 0 N–H and O–H groups in total. The molecule has 4 aliphatic rings. The van der Waals surface area contributed by atoms with Crippen LogP contribution in [0.2, 0.25) is 0 Å². The number of hydrogen-bond acceptors (Lipinski definition) is 4. The van der Waals surface area contributed by atoms with Gasteiger partial charge in [-0.05, 0) is 129 Å². The summed E-state index contributed by atoms with van der Waals surface area (Å²) >= 11 is 0. The molecule has 0 amide bonds. The normalized spacial score (nSPS) is 15.6. The summed E-state index contributed by atoms with van der Waals surface area (Å²) < 4.78 is 9.65. The summed E-state index contributed by atoms with van der Waals surface area (Å²) in [6.07, 6.45) is 3.94. The summed E-state index contributed by atoms with van der Waals surface area (Å²) in [6, 6.07) is 84.0. The van der Waals surface area contributed by atoms with Gasteiger partial charge in [0.1, 0.15) is 11.5 Å². The van der Waals surface area contributed by atoms with Crippen molar-refractivity contribution in [3.05, 3.63) is 287 Å². The van der Waals surface area contributed by atoms with Gasteiger partial charge in [-0.3, -0.25) is 9.97 Å². The van der Waals surface area contributed by atoms with Crippen molar-refractivity contribution >= 4 is 38.9 Å². The molecule has 1 aliphatic heterocycles. The summed E-state index contributed by atoms with van der Waals surface area (Å²) in [5.74, 6) is 1.67. The van der Waals surface area contributed by atoms with Crippen LogP contribution in [0.1, 0.15) is 44.5 Å². The van der Waals surface area contributed by atoms with E-state index in [9.17, 15) is 0 Å². The van der Waals surface area contributed by atoms with E-state index < -0.39 is 10.8 Å². The van der Waals surface area contributed by atoms with E-state index >= 15 is 0 Å². The second-order valence-corrected chi connectivity index (χ2v) is 19.2. The number of ether oxygens (including phenoxy) is 1. The molecular formula is C66H40N4O. The van der Waals surface area contributed by atoms with Gasteiger partial charge in [0, 0.05) is 50.7 Å². The van der Waals surface area contributed by atoms with Crippen molar-refractivity contribution in [1.82, 2.24) is 14.5 Å². The Morgan fingerprint density at radius 3 is 1.63 bits per heavy atom. The van der Waals surface area contributed by atoms with Crippen molar-refractivity contribution in [1.29, 1.82) is 0 Å². The Morgan fingerprint density at radius 2 is 0.915 bits per heavy atom. The van der Waals surface area contributed by atoms with Gasteiger partial charge in [0.15, 0.2) is 0 Å². The first-order valence-corrected chi connectivity index (χ1v) is 24.4. The Morgan fingerprint density at radius 1 is 0.352 bits per heavy atom. The molecule has 5 heteroatoms. The van der Waals surface area contributed by atoms with E-state index in [1.807, 2.05) is 12.4 Å². The zero-order chi connectivity index (χ0) is 46.4. The second-order valence-electron chi connectivity index (χ2n) is 19.2. The first-order chi connectivity index (χ1) is 35.2. The maximum Gasteiger partial charge on any atom is 0.132 e. The van der Waals surface area contributed by atoms with Gasteiger partial charge in [-0.1, -0.05) is 152 Å². The highest BCUT2D eigenvalue weighted by Gasteiger charge is 2.56. The molecular weight excluding hydrogens is 865 g/mol. The van der Waals surface area contributed by atoms with Gasteiger partial charge < -0.3 is 14.2 Å². The van der Waals surface area contributed by atoms with E-state index in [0.717, 1.165) is 84.3 Å². The molecule has 0 bridgehead atoms. The first kappa shape index (κ1) is 38.6. The summed E-state index contributed by atoms with van der Waals surface area (Å²) in [6.45, 7) is 0. The SMILES string of the molecule is c1ccc(N(c2ccccc2)c2ccc3c(c2)c2ccccc2n3-c2cnc3c(c2)C2(c4ccccc4Oc4cc5c(cc42)-c2ccccc2C52c4ccccc4-c4ccccc42)c2cccnc2-3)cc1. The van der Waals surface area contributed by atoms with Gasteiger partial charge in [-0.15, -0.1) is 0 Å². The fraction of sp³-hybridized carbons (Fsp3) is 0.0303. The van der Waals surface area contributed by atoms with Gasteiger partial charge in [0.05, 0.1) is 45.1 Å². The van der Waals surface area contributed by atoms with Crippen molar-refractivity contribution in [3.8, 4) is 50.8 Å². The molecule has 1 unspecified atom stereocenters. The van der Waals surface area contributed by atoms with Gasteiger partial charge >= 0.3 is 0 Å². The predicted molar refractivity (Wildman–Crippen MR) is 285 cm³/mol. The van der Waals surface area contributed by atoms with Crippen LogP contribution in [0.15, 0.2) is 243 Å². The molecule has 16 rings (SSSR count). The van der Waals surface area contributed by atoms with Crippen LogP contribution in [0.25, 0.3) is 61.1 Å². The van der Waals surface area contributed by atoms with E-state index in [4.69, 9.17) is 14.7 Å². The molecule has 330 valence electrons. The van der Waals surface area contributed by atoms with Crippen LogP contribution in [0, 0.1) is 0 Å². The van der Waals surface area contributed by atoms with Crippen LogP contribution in [-0.4, -0.2) is 14.5 Å². The van der Waals surface area contributed by atoms with Crippen LogP contribution < -0.4 is 9.64 Å². The third kappa shape index (κ3) is 4.89. The maximum atomic E-state index is 7.26. The minimum atomic E-state index is -0.810. The number of aromatic nitrogens is 3. The van der Waals surface area contributed by atoms with Gasteiger partial charge in [0.25, 0.3) is 0 Å². The molecule has 0 saturated carbocycles. The minimum absolute atomic E-state index is 0.515. The third-order valence-electron chi connectivity index (χ3n) is 15.9. The Kier molecular flexibility index (Phi) is 7.69. The molecule has 2 spiro atoms. The number of nitrogens with zero attached hydrogens (tertiary/aromatic N) is 4. The topological polar surface area (TPSA) is 43.2 Å². The quantitative estimate of drug-likeness (QED) is 0.176. The van der Waals surface area contributed by atoms with E-state index in [-0.39, 0.29) is 0 Å². The Balaban J connectivity index is 0.955. The standard InChI is InChI=1S/C66H40N4O/c1-3-18-41(19-4-1)69(42-20-5-2-6-21-42)43-33-34-60-50(36-43)48-25-10-15-31-59(48)70(60)44-37-58-64(68-40-44)63-55(30-17-35-67-63)66(58)54-29-14-16-32-61(54)71-62-39-56-49(38-57(62)66)47-24-9-13-28-53(47)65(56)51-26-11-7-22-45(51)46-23-8-12-27-52(46)65/h1-40H. The lowest BCUT2D eigenvalue weighted by molar-refractivity contribution is 0.435. The van der Waals surface area contributed by atoms with Crippen molar-refractivity contribution in [2.45, 2.75) is 10.8 Å². The number of hydrogen-bond donors (Lipinski definition) is 0. The van der Waals surface area contributed by atoms with Crippen molar-refractivity contribution in [2.24, 2.45) is 0 Å². The van der Waals surface area contributed by atoms with Crippen LogP contribution in [-0.2, 0) is 10.8 Å². The second kappa shape index (κ2) is 14.1. The number of anilines is 3. The number of rotatable bonds is 4. The van der Waals surface area contributed by atoms with Crippen LogP contribution >= 0.6 is 0 Å². The number of benzene rings is 9. The molecule has 0 fully saturated rings. The van der Waals surface area contributed by atoms with Crippen LogP contribution in [0.4, 0.5) is 17.1 Å². The van der Waals surface area contributed by atoms with E-state index in [0.29, 0.717) is 0 Å². The highest BCUT2D eigenvalue weighted by molar-refractivity contribution is 6.11. The van der Waals surface area contributed by atoms with Gasteiger partial charge in [-0.25, -0.2) is 0 Å². The highest BCUT2D eigenvalue weighted by Crippen LogP contribution is 2.67. The Hall–Kier alpha value is -9.32. The number of pyridine rings is 2. The molecule has 9 aromatic carbocycles. The lowest BCUT2D eigenvalue weighted by atomic mass is 9.65. The molecule has 71 heavy (non-hydrogen) atoms. The predicted octanol–water partition coefficient (Wildman–Crippen LogP) is 15.9. The number of para-hydroxylation sites is 4. The van der Waals surface area contributed by atoms with Gasteiger partial charge in [-0.2, -0.15) is 0 Å². The molecule has 5 nitrogen and oxygen atoms in total. The minimum Gasteiger partial charge on any atom is -0.457 e. The lowest BCUT2D eigenvalue weighted by Gasteiger charge is -2.40. The molecule has 0 radical (unpaired) electrons. The van der Waals surface area contributed by atoms with Crippen molar-refractivity contribution in [2.75, 3.05) is 4.90 Å². The molecule has 4 heterocycles. The van der Waals surface area contributed by atoms with Crippen molar-refractivity contribution in [3.63, 3.8) is 0 Å². The third-order valence-corrected chi connectivity index (χ3v) is 15.9. The average molecular weight is 905 g/mol. The highest BCUT2D eigenvalue weighted by atomic mass is 16.5. The number of fused-ring (bicyclic) bond motifs is 22. The van der Waals surface area contributed by atoms with Crippen LogP contribution in [0.3, 0.4) is 0 Å².